The molecule has 1 saturated carbocycles. The number of piperidine rings is 1. The lowest BCUT2D eigenvalue weighted by Gasteiger charge is -2.32. The highest BCUT2D eigenvalue weighted by Crippen LogP contribution is 2.39. The molecule has 2 N–H and O–H groups in total. The van der Waals surface area contributed by atoms with Crippen LogP contribution in [0.1, 0.15) is 89.5 Å². The summed E-state index contributed by atoms with van der Waals surface area (Å²) in [6, 6.07) is 5.65. The summed E-state index contributed by atoms with van der Waals surface area (Å²) in [7, 11) is 1.90. The highest BCUT2D eigenvalue weighted by Gasteiger charge is 2.33. The summed E-state index contributed by atoms with van der Waals surface area (Å²) in [4.78, 5) is 31.0. The lowest BCUT2D eigenvalue weighted by molar-refractivity contribution is -0.124. The van der Waals surface area contributed by atoms with Crippen LogP contribution in [0.3, 0.4) is 0 Å². The van der Waals surface area contributed by atoms with Crippen LogP contribution in [0.15, 0.2) is 24.4 Å². The first-order chi connectivity index (χ1) is 20.4. The Hall–Kier alpha value is -2.58. The molecule has 230 valence electrons. The molecule has 0 atom stereocenters. The summed E-state index contributed by atoms with van der Waals surface area (Å²) in [6.07, 6.45) is 14.9. The van der Waals surface area contributed by atoms with Gasteiger partial charge in [-0.3, -0.25) is 14.3 Å². The van der Waals surface area contributed by atoms with E-state index in [9.17, 15) is 9.59 Å². The van der Waals surface area contributed by atoms with Crippen LogP contribution < -0.4 is 15.5 Å². The topological polar surface area (TPSA) is 82.5 Å². The van der Waals surface area contributed by atoms with Crippen LogP contribution in [0.2, 0.25) is 5.02 Å². The molecule has 0 spiro atoms. The molecular formula is C33H49ClN6O2. The standard InChI is InChI=1S/C33H49ClN6O2/c1-3-4-5-6-17-39-18-15-24(16-19-39)9-14-31(41)35-21-25-7-10-26(11-8-25)33(42)40-23-27-22-36-38(2)32(27)37-29-20-28(34)12-13-30(29)40/h12-13,20,22,24-26,37H,3-11,14-19,21,23H2,1-2H3,(H,35,41). The fourth-order valence-corrected chi connectivity index (χ4v) is 7.13. The number of unbranched alkanes of at least 4 members (excludes halogenated alkanes) is 3. The third kappa shape index (κ3) is 7.87. The Morgan fingerprint density at radius 1 is 1.05 bits per heavy atom. The van der Waals surface area contributed by atoms with E-state index in [4.69, 9.17) is 11.6 Å². The summed E-state index contributed by atoms with van der Waals surface area (Å²) < 4.78 is 1.80. The van der Waals surface area contributed by atoms with Gasteiger partial charge in [-0.1, -0.05) is 37.8 Å². The van der Waals surface area contributed by atoms with Crippen molar-refractivity contribution in [2.45, 2.75) is 90.5 Å². The first kappa shape index (κ1) is 30.9. The third-order valence-electron chi connectivity index (χ3n) is 9.71. The van der Waals surface area contributed by atoms with Crippen LogP contribution in [0.5, 0.6) is 0 Å². The highest BCUT2D eigenvalue weighted by atomic mass is 35.5. The normalized spacial score (nSPS) is 21.3. The van der Waals surface area contributed by atoms with Crippen molar-refractivity contribution in [1.29, 1.82) is 0 Å². The molecule has 3 aliphatic rings. The zero-order chi connectivity index (χ0) is 29.5. The second kappa shape index (κ2) is 14.7. The van der Waals surface area contributed by atoms with Gasteiger partial charge in [0.25, 0.3) is 0 Å². The van der Waals surface area contributed by atoms with Gasteiger partial charge in [0, 0.05) is 36.5 Å². The third-order valence-corrected chi connectivity index (χ3v) is 9.95. The van der Waals surface area contributed by atoms with Crippen LogP contribution >= 0.6 is 11.6 Å². The number of rotatable bonds is 11. The molecule has 2 fully saturated rings. The van der Waals surface area contributed by atoms with Crippen LogP contribution in [0.25, 0.3) is 0 Å². The van der Waals surface area contributed by atoms with Gasteiger partial charge in [0.15, 0.2) is 0 Å². The number of halogens is 1. The Balaban J connectivity index is 1.03. The quantitative estimate of drug-likeness (QED) is 0.284. The second-order valence-electron chi connectivity index (χ2n) is 12.8. The summed E-state index contributed by atoms with van der Waals surface area (Å²) in [5, 5.41) is 11.7. The van der Waals surface area contributed by atoms with Crippen molar-refractivity contribution in [3.8, 4) is 0 Å². The summed E-state index contributed by atoms with van der Waals surface area (Å²) >= 11 is 6.30. The number of hydrogen-bond acceptors (Lipinski definition) is 5. The lowest BCUT2D eigenvalue weighted by atomic mass is 9.81. The number of carbonyl (C=O) groups excluding carboxylic acids is 2. The van der Waals surface area contributed by atoms with Gasteiger partial charge in [-0.15, -0.1) is 0 Å². The zero-order valence-corrected chi connectivity index (χ0v) is 26.3. The molecule has 9 heteroatoms. The molecule has 1 aromatic heterocycles. The van der Waals surface area contributed by atoms with Gasteiger partial charge in [-0.25, -0.2) is 0 Å². The van der Waals surface area contributed by atoms with Crippen molar-refractivity contribution in [2.75, 3.05) is 36.4 Å². The predicted molar refractivity (Wildman–Crippen MR) is 170 cm³/mol. The Kier molecular flexibility index (Phi) is 10.8. The average Bonchev–Trinajstić information content (AvgIpc) is 3.25. The SMILES string of the molecule is CCCCCCN1CCC(CCC(=O)NCC2CCC(C(=O)N3Cc4cnn(C)c4Nc4cc(Cl)ccc43)CC2)CC1. The van der Waals surface area contributed by atoms with Crippen LogP contribution in [-0.4, -0.2) is 52.7 Å². The Labute approximate surface area is 256 Å². The maximum absolute atomic E-state index is 13.8. The molecule has 3 heterocycles. The van der Waals surface area contributed by atoms with E-state index in [1.54, 1.807) is 4.68 Å². The van der Waals surface area contributed by atoms with E-state index in [2.05, 4.69) is 27.6 Å². The van der Waals surface area contributed by atoms with Gasteiger partial charge in [0.2, 0.25) is 11.8 Å². The molecule has 1 aromatic carbocycles. The van der Waals surface area contributed by atoms with Gasteiger partial charge in [-0.2, -0.15) is 5.10 Å². The molecule has 42 heavy (non-hydrogen) atoms. The molecule has 8 nitrogen and oxygen atoms in total. The second-order valence-corrected chi connectivity index (χ2v) is 13.2. The molecule has 5 rings (SSSR count). The fraction of sp³-hybridized carbons (Fsp3) is 0.667. The van der Waals surface area contributed by atoms with E-state index in [0.717, 1.165) is 61.4 Å². The van der Waals surface area contributed by atoms with Crippen LogP contribution in [0.4, 0.5) is 17.2 Å². The van der Waals surface area contributed by atoms with E-state index >= 15 is 0 Å². The average molecular weight is 597 g/mol. The number of nitrogens with zero attached hydrogens (tertiary/aromatic N) is 4. The van der Waals surface area contributed by atoms with Crippen molar-refractivity contribution in [3.63, 3.8) is 0 Å². The minimum atomic E-state index is -0.0174. The number of aryl methyl sites for hydroxylation is 1. The van der Waals surface area contributed by atoms with Gasteiger partial charge >= 0.3 is 0 Å². The first-order valence-electron chi connectivity index (χ1n) is 16.3. The smallest absolute Gasteiger partial charge is 0.230 e. The summed E-state index contributed by atoms with van der Waals surface area (Å²) in [5.74, 6) is 2.34. The minimum Gasteiger partial charge on any atom is -0.356 e. The van der Waals surface area contributed by atoms with Crippen LogP contribution in [-0.2, 0) is 23.2 Å². The van der Waals surface area contributed by atoms with Crippen molar-refractivity contribution < 1.29 is 9.59 Å². The maximum Gasteiger partial charge on any atom is 0.230 e. The Bertz CT molecular complexity index is 1200. The van der Waals surface area contributed by atoms with Crippen molar-refractivity contribution in [3.05, 3.63) is 35.0 Å². The van der Waals surface area contributed by atoms with Crippen molar-refractivity contribution in [2.24, 2.45) is 24.8 Å². The monoisotopic (exact) mass is 596 g/mol. The molecule has 2 aliphatic heterocycles. The van der Waals surface area contributed by atoms with E-state index in [1.807, 2.05) is 36.3 Å². The largest absolute Gasteiger partial charge is 0.356 e. The summed E-state index contributed by atoms with van der Waals surface area (Å²) in [6.45, 7) is 7.10. The molecule has 2 aromatic rings. The fourth-order valence-electron chi connectivity index (χ4n) is 6.96. The number of fused-ring (bicyclic) bond motifs is 2. The molecular weight excluding hydrogens is 548 g/mol. The first-order valence-corrected chi connectivity index (χ1v) is 16.7. The van der Waals surface area contributed by atoms with E-state index in [0.29, 0.717) is 29.8 Å². The van der Waals surface area contributed by atoms with Crippen molar-refractivity contribution >= 4 is 40.6 Å². The molecule has 0 unspecified atom stereocenters. The highest BCUT2D eigenvalue weighted by molar-refractivity contribution is 6.31. The van der Waals surface area contributed by atoms with Crippen molar-refractivity contribution in [1.82, 2.24) is 20.0 Å². The van der Waals surface area contributed by atoms with Crippen LogP contribution in [0, 0.1) is 17.8 Å². The number of hydrogen-bond donors (Lipinski definition) is 2. The number of likely N-dealkylation sites (tertiary alicyclic amines) is 1. The number of benzene rings is 1. The Morgan fingerprint density at radius 3 is 2.60 bits per heavy atom. The molecule has 2 amide bonds. The molecule has 0 radical (unpaired) electrons. The van der Waals surface area contributed by atoms with Gasteiger partial charge in [-0.05, 0) is 101 Å². The Morgan fingerprint density at radius 2 is 1.83 bits per heavy atom. The number of carbonyl (C=O) groups is 2. The number of anilines is 3. The summed E-state index contributed by atoms with van der Waals surface area (Å²) in [5.41, 5.74) is 2.66. The van der Waals surface area contributed by atoms with Gasteiger partial charge < -0.3 is 20.4 Å². The lowest BCUT2D eigenvalue weighted by Crippen LogP contribution is -2.39. The molecule has 0 bridgehead atoms. The van der Waals surface area contributed by atoms with E-state index < -0.39 is 0 Å². The van der Waals surface area contributed by atoms with E-state index in [1.165, 1.54) is 58.2 Å². The number of nitrogens with one attached hydrogen (secondary N) is 2. The number of amides is 2. The maximum atomic E-state index is 13.8. The van der Waals surface area contributed by atoms with E-state index in [-0.39, 0.29) is 17.7 Å². The number of aromatic nitrogens is 2. The minimum absolute atomic E-state index is 0.0174. The van der Waals surface area contributed by atoms with Gasteiger partial charge in [0.1, 0.15) is 5.82 Å². The molecule has 1 aliphatic carbocycles. The zero-order valence-electron chi connectivity index (χ0n) is 25.5. The predicted octanol–water partition coefficient (Wildman–Crippen LogP) is 6.66. The van der Waals surface area contributed by atoms with Gasteiger partial charge in [0.05, 0.1) is 24.1 Å². The molecule has 1 saturated heterocycles.